The first-order valence-corrected chi connectivity index (χ1v) is 5.66. The average Bonchev–Trinajstić information content (AvgIpc) is 3.05. The van der Waals surface area contributed by atoms with Crippen LogP contribution in [0, 0.1) is 0 Å². The first kappa shape index (κ1) is 9.41. The average molecular weight is 235 g/mol. The van der Waals surface area contributed by atoms with Crippen molar-refractivity contribution in [3.8, 4) is 11.3 Å². The molecule has 0 N–H and O–H groups in total. The normalized spacial score (nSPS) is 11.3. The van der Waals surface area contributed by atoms with E-state index >= 15 is 0 Å². The summed E-state index contributed by atoms with van der Waals surface area (Å²) < 4.78 is 7.27. The third-order valence-electron chi connectivity index (χ3n) is 3.02. The summed E-state index contributed by atoms with van der Waals surface area (Å²) in [5, 5.41) is 1.06. The third-order valence-corrected chi connectivity index (χ3v) is 3.02. The molecule has 0 unspecified atom stereocenters. The Morgan fingerprint density at radius 2 is 2.11 bits per heavy atom. The van der Waals surface area contributed by atoms with Gasteiger partial charge >= 0.3 is 0 Å². The van der Waals surface area contributed by atoms with Crippen LogP contribution < -0.4 is 0 Å². The summed E-state index contributed by atoms with van der Waals surface area (Å²) in [6.07, 6.45) is 9.16. The van der Waals surface area contributed by atoms with E-state index in [-0.39, 0.29) is 0 Å². The van der Waals surface area contributed by atoms with Crippen LogP contribution in [0.15, 0.2) is 59.7 Å². The lowest BCUT2D eigenvalue weighted by atomic mass is 10.1. The third kappa shape index (κ3) is 1.32. The minimum atomic E-state index is 0.808. The molecule has 4 rings (SSSR count). The van der Waals surface area contributed by atoms with Crippen LogP contribution in [0.4, 0.5) is 0 Å². The fraction of sp³-hybridized carbons (Fsp3) is 0. The van der Waals surface area contributed by atoms with Crippen LogP contribution in [-0.2, 0) is 0 Å². The van der Waals surface area contributed by atoms with Crippen molar-refractivity contribution in [1.82, 2.24) is 14.4 Å². The predicted octanol–water partition coefficient (Wildman–Crippen LogP) is 3.14. The number of imidazole rings is 1. The summed E-state index contributed by atoms with van der Waals surface area (Å²) in [5.41, 5.74) is 3.73. The van der Waals surface area contributed by atoms with Crippen molar-refractivity contribution < 1.29 is 4.42 Å². The monoisotopic (exact) mass is 235 g/mol. The molecule has 0 aromatic carbocycles. The zero-order chi connectivity index (χ0) is 11.9. The molecule has 4 aromatic heterocycles. The van der Waals surface area contributed by atoms with E-state index in [0.717, 1.165) is 27.9 Å². The van der Waals surface area contributed by atoms with Crippen LogP contribution in [0.2, 0.25) is 0 Å². The molecule has 4 aromatic rings. The highest BCUT2D eigenvalue weighted by molar-refractivity contribution is 5.80. The molecule has 0 aliphatic carbocycles. The van der Waals surface area contributed by atoms with E-state index in [4.69, 9.17) is 4.42 Å². The van der Waals surface area contributed by atoms with Gasteiger partial charge in [0.2, 0.25) is 0 Å². The number of aromatic nitrogens is 3. The lowest BCUT2D eigenvalue weighted by Crippen LogP contribution is -1.87. The van der Waals surface area contributed by atoms with Gasteiger partial charge in [0.1, 0.15) is 5.65 Å². The smallest absolute Gasteiger partial charge is 0.152 e. The van der Waals surface area contributed by atoms with Crippen LogP contribution >= 0.6 is 0 Å². The molecule has 4 heteroatoms. The molecule has 0 fully saturated rings. The molecule has 0 saturated heterocycles. The first-order valence-electron chi connectivity index (χ1n) is 5.66. The Morgan fingerprint density at radius 1 is 1.11 bits per heavy atom. The lowest BCUT2D eigenvalue weighted by molar-refractivity contribution is 0.614. The van der Waals surface area contributed by atoms with Crippen LogP contribution in [0.3, 0.4) is 0 Å². The van der Waals surface area contributed by atoms with Gasteiger partial charge in [0.25, 0.3) is 0 Å². The summed E-state index contributed by atoms with van der Waals surface area (Å²) in [7, 11) is 0. The van der Waals surface area contributed by atoms with Crippen molar-refractivity contribution in [2.75, 3.05) is 0 Å². The second kappa shape index (κ2) is 3.43. The second-order valence-electron chi connectivity index (χ2n) is 4.14. The van der Waals surface area contributed by atoms with E-state index in [1.807, 2.05) is 41.1 Å². The van der Waals surface area contributed by atoms with E-state index < -0.39 is 0 Å². The van der Waals surface area contributed by atoms with Crippen molar-refractivity contribution in [2.45, 2.75) is 0 Å². The molecule has 4 nitrogen and oxygen atoms in total. The molecule has 0 aliphatic rings. The Bertz CT molecular complexity index is 772. The van der Waals surface area contributed by atoms with E-state index in [2.05, 4.69) is 9.97 Å². The SMILES string of the molecule is c1cn2cc(-c3cc4ccoc4cn3)ccc2n1. The molecule has 0 atom stereocenters. The standard InChI is InChI=1S/C14H9N3O/c1-2-14-15-4-5-17(14)9-11(1)12-7-10-3-6-18-13(10)8-16-12/h1-9H. The summed E-state index contributed by atoms with van der Waals surface area (Å²) in [5.74, 6) is 0. The molecule has 0 radical (unpaired) electrons. The summed E-state index contributed by atoms with van der Waals surface area (Å²) in [6.45, 7) is 0. The zero-order valence-electron chi connectivity index (χ0n) is 9.45. The Morgan fingerprint density at radius 3 is 3.11 bits per heavy atom. The zero-order valence-corrected chi connectivity index (χ0v) is 9.45. The van der Waals surface area contributed by atoms with Gasteiger partial charge in [0.05, 0.1) is 18.2 Å². The topological polar surface area (TPSA) is 43.3 Å². The predicted molar refractivity (Wildman–Crippen MR) is 68.2 cm³/mol. The van der Waals surface area contributed by atoms with Gasteiger partial charge in [0.15, 0.2) is 5.58 Å². The lowest BCUT2D eigenvalue weighted by Gasteiger charge is -2.01. The first-order chi connectivity index (χ1) is 8.90. The van der Waals surface area contributed by atoms with Crippen LogP contribution in [-0.4, -0.2) is 14.4 Å². The number of rotatable bonds is 1. The molecule has 0 aliphatic heterocycles. The van der Waals surface area contributed by atoms with Crippen LogP contribution in [0.1, 0.15) is 0 Å². The van der Waals surface area contributed by atoms with Gasteiger partial charge in [-0.3, -0.25) is 4.98 Å². The highest BCUT2D eigenvalue weighted by Crippen LogP contribution is 2.22. The van der Waals surface area contributed by atoms with Crippen molar-refractivity contribution in [1.29, 1.82) is 0 Å². The van der Waals surface area contributed by atoms with Gasteiger partial charge in [-0.15, -0.1) is 0 Å². The molecule has 86 valence electrons. The fourth-order valence-electron chi connectivity index (χ4n) is 2.10. The Kier molecular flexibility index (Phi) is 1.80. The Hall–Kier alpha value is -2.62. The number of furan rings is 1. The van der Waals surface area contributed by atoms with Crippen molar-refractivity contribution in [3.63, 3.8) is 0 Å². The summed E-state index contributed by atoms with van der Waals surface area (Å²) in [6, 6.07) is 7.97. The second-order valence-corrected chi connectivity index (χ2v) is 4.14. The Labute approximate surface area is 103 Å². The van der Waals surface area contributed by atoms with Gasteiger partial charge in [-0.05, 0) is 24.3 Å². The fourth-order valence-corrected chi connectivity index (χ4v) is 2.10. The van der Waals surface area contributed by atoms with Crippen molar-refractivity contribution in [3.05, 3.63) is 55.3 Å². The molecule has 0 bridgehead atoms. The number of fused-ring (bicyclic) bond motifs is 2. The molecule has 18 heavy (non-hydrogen) atoms. The van der Waals surface area contributed by atoms with Gasteiger partial charge < -0.3 is 8.82 Å². The number of hydrogen-bond acceptors (Lipinski definition) is 3. The highest BCUT2D eigenvalue weighted by Gasteiger charge is 2.04. The molecular weight excluding hydrogens is 226 g/mol. The molecule has 0 spiro atoms. The van der Waals surface area contributed by atoms with E-state index in [1.54, 1.807) is 18.7 Å². The van der Waals surface area contributed by atoms with Gasteiger partial charge in [0, 0.05) is 29.5 Å². The molecule has 4 heterocycles. The van der Waals surface area contributed by atoms with E-state index in [9.17, 15) is 0 Å². The van der Waals surface area contributed by atoms with Crippen LogP contribution in [0.25, 0.3) is 27.9 Å². The van der Waals surface area contributed by atoms with E-state index in [0.29, 0.717) is 0 Å². The number of nitrogens with zero attached hydrogens (tertiary/aromatic N) is 3. The number of pyridine rings is 2. The van der Waals surface area contributed by atoms with Crippen molar-refractivity contribution in [2.24, 2.45) is 0 Å². The number of hydrogen-bond donors (Lipinski definition) is 0. The Balaban J connectivity index is 1.93. The maximum Gasteiger partial charge on any atom is 0.152 e. The quantitative estimate of drug-likeness (QED) is 0.509. The van der Waals surface area contributed by atoms with Gasteiger partial charge in [-0.1, -0.05) is 0 Å². The molecule has 0 saturated carbocycles. The maximum atomic E-state index is 5.29. The van der Waals surface area contributed by atoms with Crippen molar-refractivity contribution >= 4 is 16.6 Å². The molecular formula is C14H9N3O. The molecule has 0 amide bonds. The maximum absolute atomic E-state index is 5.29. The van der Waals surface area contributed by atoms with Crippen LogP contribution in [0.5, 0.6) is 0 Å². The van der Waals surface area contributed by atoms with E-state index in [1.165, 1.54) is 0 Å². The minimum absolute atomic E-state index is 0.808. The summed E-state index contributed by atoms with van der Waals surface area (Å²) >= 11 is 0. The van der Waals surface area contributed by atoms with Gasteiger partial charge in [-0.2, -0.15) is 0 Å². The summed E-state index contributed by atoms with van der Waals surface area (Å²) in [4.78, 5) is 8.64. The highest BCUT2D eigenvalue weighted by atomic mass is 16.3. The van der Waals surface area contributed by atoms with Gasteiger partial charge in [-0.25, -0.2) is 4.98 Å². The largest absolute Gasteiger partial charge is 0.463 e. The minimum Gasteiger partial charge on any atom is -0.463 e.